The summed E-state index contributed by atoms with van der Waals surface area (Å²) in [5.74, 6) is 2.05. The van der Waals surface area contributed by atoms with Crippen LogP contribution in [0.4, 0.5) is 0 Å². The molecule has 4 rings (SSSR count). The van der Waals surface area contributed by atoms with Crippen molar-refractivity contribution in [2.75, 3.05) is 0 Å². The number of amides is 1. The molecule has 0 radical (unpaired) electrons. The fraction of sp³-hybridized carbons (Fsp3) is 0.391. The number of carbonyl (C=O) groups is 1. The molecule has 0 aliphatic heterocycles. The summed E-state index contributed by atoms with van der Waals surface area (Å²) in [4.78, 5) is 20.6. The SMILES string of the molecule is Cc1cccc(CNC(=O)C2CCC(Cc3nc4ccccc4[nH]3)CC2)c1. The molecule has 0 spiro atoms. The van der Waals surface area contributed by atoms with Gasteiger partial charge in [-0.25, -0.2) is 4.98 Å². The molecule has 0 atom stereocenters. The lowest BCUT2D eigenvalue weighted by atomic mass is 9.80. The molecule has 27 heavy (non-hydrogen) atoms. The minimum absolute atomic E-state index is 0.154. The number of aryl methyl sites for hydroxylation is 1. The minimum Gasteiger partial charge on any atom is -0.352 e. The number of imidazole rings is 1. The quantitative estimate of drug-likeness (QED) is 0.701. The van der Waals surface area contributed by atoms with E-state index in [1.54, 1.807) is 0 Å². The molecule has 1 amide bonds. The van der Waals surface area contributed by atoms with E-state index in [0.717, 1.165) is 49.0 Å². The number of nitrogens with zero attached hydrogens (tertiary/aromatic N) is 1. The molecular weight excluding hydrogens is 334 g/mol. The number of carbonyl (C=O) groups excluding carboxylic acids is 1. The highest BCUT2D eigenvalue weighted by atomic mass is 16.1. The van der Waals surface area contributed by atoms with Gasteiger partial charge in [0.15, 0.2) is 0 Å². The monoisotopic (exact) mass is 361 g/mol. The van der Waals surface area contributed by atoms with Crippen molar-refractivity contribution in [3.05, 3.63) is 65.5 Å². The summed E-state index contributed by atoms with van der Waals surface area (Å²) in [6.07, 6.45) is 5.13. The highest BCUT2D eigenvalue weighted by Gasteiger charge is 2.26. The summed E-state index contributed by atoms with van der Waals surface area (Å²) >= 11 is 0. The van der Waals surface area contributed by atoms with Gasteiger partial charge in [0.2, 0.25) is 5.91 Å². The zero-order chi connectivity index (χ0) is 18.6. The van der Waals surface area contributed by atoms with E-state index in [-0.39, 0.29) is 11.8 Å². The molecule has 1 heterocycles. The maximum Gasteiger partial charge on any atom is 0.223 e. The van der Waals surface area contributed by atoms with Crippen LogP contribution in [0, 0.1) is 18.8 Å². The number of nitrogens with one attached hydrogen (secondary N) is 2. The van der Waals surface area contributed by atoms with Crippen LogP contribution in [0.25, 0.3) is 11.0 Å². The Bertz CT molecular complexity index is 889. The molecule has 0 bridgehead atoms. The minimum atomic E-state index is 0.154. The predicted octanol–water partition coefficient (Wildman–Crippen LogP) is 4.54. The van der Waals surface area contributed by atoms with Crippen molar-refractivity contribution >= 4 is 16.9 Å². The van der Waals surface area contributed by atoms with Crippen molar-refractivity contribution in [2.24, 2.45) is 11.8 Å². The van der Waals surface area contributed by atoms with Crippen molar-refractivity contribution in [1.82, 2.24) is 15.3 Å². The summed E-state index contributed by atoms with van der Waals surface area (Å²) in [7, 11) is 0. The first kappa shape index (κ1) is 17.8. The number of benzene rings is 2. The van der Waals surface area contributed by atoms with E-state index in [4.69, 9.17) is 4.98 Å². The second kappa shape index (κ2) is 7.95. The molecule has 1 saturated carbocycles. The van der Waals surface area contributed by atoms with Gasteiger partial charge < -0.3 is 10.3 Å². The molecule has 3 aromatic rings. The van der Waals surface area contributed by atoms with Crippen molar-refractivity contribution < 1.29 is 4.79 Å². The smallest absolute Gasteiger partial charge is 0.223 e. The van der Waals surface area contributed by atoms with Crippen LogP contribution in [0.15, 0.2) is 48.5 Å². The number of hydrogen-bond donors (Lipinski definition) is 2. The van der Waals surface area contributed by atoms with E-state index in [1.165, 1.54) is 11.1 Å². The van der Waals surface area contributed by atoms with Gasteiger partial charge in [-0.05, 0) is 56.2 Å². The Morgan fingerprint density at radius 2 is 1.93 bits per heavy atom. The Morgan fingerprint density at radius 3 is 2.70 bits per heavy atom. The zero-order valence-electron chi connectivity index (χ0n) is 15.9. The van der Waals surface area contributed by atoms with Gasteiger partial charge in [-0.1, -0.05) is 42.0 Å². The highest BCUT2D eigenvalue weighted by Crippen LogP contribution is 2.31. The Hall–Kier alpha value is -2.62. The summed E-state index contributed by atoms with van der Waals surface area (Å²) < 4.78 is 0. The standard InChI is InChI=1S/C23H27N3O/c1-16-5-4-6-18(13-16)15-24-23(27)19-11-9-17(10-12-19)14-22-25-20-7-2-3-8-21(20)26-22/h2-8,13,17,19H,9-12,14-15H2,1H3,(H,24,27)(H,25,26). The lowest BCUT2D eigenvalue weighted by Gasteiger charge is -2.27. The van der Waals surface area contributed by atoms with E-state index < -0.39 is 0 Å². The molecule has 2 aromatic carbocycles. The number of hydrogen-bond acceptors (Lipinski definition) is 2. The number of H-pyrrole nitrogens is 1. The van der Waals surface area contributed by atoms with E-state index in [9.17, 15) is 4.79 Å². The van der Waals surface area contributed by atoms with Crippen LogP contribution in [0.3, 0.4) is 0 Å². The Kier molecular flexibility index (Phi) is 5.23. The fourth-order valence-electron chi connectivity index (χ4n) is 4.16. The Morgan fingerprint density at radius 1 is 1.11 bits per heavy atom. The van der Waals surface area contributed by atoms with Gasteiger partial charge in [-0.3, -0.25) is 4.79 Å². The van der Waals surface area contributed by atoms with Crippen molar-refractivity contribution in [3.63, 3.8) is 0 Å². The van der Waals surface area contributed by atoms with Crippen LogP contribution in [0.1, 0.15) is 42.6 Å². The largest absolute Gasteiger partial charge is 0.352 e. The fourth-order valence-corrected chi connectivity index (χ4v) is 4.16. The molecule has 1 aliphatic rings. The molecule has 1 fully saturated rings. The lowest BCUT2D eigenvalue weighted by molar-refractivity contribution is -0.126. The summed E-state index contributed by atoms with van der Waals surface area (Å²) in [5.41, 5.74) is 4.54. The molecule has 4 nitrogen and oxygen atoms in total. The third-order valence-corrected chi connectivity index (χ3v) is 5.69. The molecule has 140 valence electrons. The van der Waals surface area contributed by atoms with Gasteiger partial charge in [0.25, 0.3) is 0 Å². The van der Waals surface area contributed by atoms with Gasteiger partial charge in [0.1, 0.15) is 5.82 Å². The molecule has 0 unspecified atom stereocenters. The number of aromatic amines is 1. The number of rotatable bonds is 5. The second-order valence-electron chi connectivity index (χ2n) is 7.83. The van der Waals surface area contributed by atoms with Crippen LogP contribution in [0.2, 0.25) is 0 Å². The first-order chi connectivity index (χ1) is 13.2. The van der Waals surface area contributed by atoms with E-state index in [2.05, 4.69) is 41.5 Å². The molecule has 2 N–H and O–H groups in total. The first-order valence-electron chi connectivity index (χ1n) is 9.94. The summed E-state index contributed by atoms with van der Waals surface area (Å²) in [6, 6.07) is 16.5. The summed E-state index contributed by atoms with van der Waals surface area (Å²) in [6.45, 7) is 2.70. The normalized spacial score (nSPS) is 19.9. The zero-order valence-corrected chi connectivity index (χ0v) is 15.9. The maximum absolute atomic E-state index is 12.5. The van der Waals surface area contributed by atoms with Gasteiger partial charge in [0, 0.05) is 18.9 Å². The average molecular weight is 361 g/mol. The third kappa shape index (κ3) is 4.38. The van der Waals surface area contributed by atoms with Crippen LogP contribution < -0.4 is 5.32 Å². The molecule has 1 aliphatic carbocycles. The van der Waals surface area contributed by atoms with Crippen molar-refractivity contribution in [2.45, 2.75) is 45.6 Å². The van der Waals surface area contributed by atoms with Gasteiger partial charge in [0.05, 0.1) is 11.0 Å². The van der Waals surface area contributed by atoms with E-state index >= 15 is 0 Å². The second-order valence-corrected chi connectivity index (χ2v) is 7.83. The molecule has 0 saturated heterocycles. The van der Waals surface area contributed by atoms with E-state index in [0.29, 0.717) is 12.5 Å². The number of aromatic nitrogens is 2. The first-order valence-corrected chi connectivity index (χ1v) is 9.94. The van der Waals surface area contributed by atoms with Gasteiger partial charge in [-0.15, -0.1) is 0 Å². The Balaban J connectivity index is 1.26. The van der Waals surface area contributed by atoms with E-state index in [1.807, 2.05) is 24.3 Å². The highest BCUT2D eigenvalue weighted by molar-refractivity contribution is 5.78. The Labute approximate surface area is 160 Å². The number of fused-ring (bicyclic) bond motifs is 1. The lowest BCUT2D eigenvalue weighted by Crippen LogP contribution is -2.33. The van der Waals surface area contributed by atoms with Crippen LogP contribution >= 0.6 is 0 Å². The maximum atomic E-state index is 12.5. The van der Waals surface area contributed by atoms with Crippen molar-refractivity contribution in [3.8, 4) is 0 Å². The molecule has 4 heteroatoms. The topological polar surface area (TPSA) is 57.8 Å². The summed E-state index contributed by atoms with van der Waals surface area (Å²) in [5, 5.41) is 3.12. The molecule has 1 aromatic heterocycles. The van der Waals surface area contributed by atoms with Crippen LogP contribution in [0.5, 0.6) is 0 Å². The van der Waals surface area contributed by atoms with Crippen LogP contribution in [-0.2, 0) is 17.8 Å². The van der Waals surface area contributed by atoms with Gasteiger partial charge in [-0.2, -0.15) is 0 Å². The average Bonchev–Trinajstić information content (AvgIpc) is 3.09. The predicted molar refractivity (Wildman–Crippen MR) is 108 cm³/mol. The van der Waals surface area contributed by atoms with Crippen LogP contribution in [-0.4, -0.2) is 15.9 Å². The third-order valence-electron chi connectivity index (χ3n) is 5.69. The van der Waals surface area contributed by atoms with Gasteiger partial charge >= 0.3 is 0 Å². The van der Waals surface area contributed by atoms with Crippen molar-refractivity contribution in [1.29, 1.82) is 0 Å². The number of para-hydroxylation sites is 2. The molecular formula is C23H27N3O.